The topological polar surface area (TPSA) is 46.5 Å². The minimum absolute atomic E-state index is 0.319. The number of hydrogen-bond acceptors (Lipinski definition) is 2. The molecule has 0 N–H and O–H groups in total. The van der Waals surface area contributed by atoms with Gasteiger partial charge in [-0.05, 0) is 35.0 Å². The largest absolute Gasteiger partial charge is 0.316 e. The highest BCUT2D eigenvalue weighted by Gasteiger charge is 2.05. The van der Waals surface area contributed by atoms with Crippen molar-refractivity contribution in [2.45, 2.75) is 0 Å². The van der Waals surface area contributed by atoms with Gasteiger partial charge in [0.25, 0.3) is 0 Å². The van der Waals surface area contributed by atoms with Crippen LogP contribution in [-0.2, 0) is 0 Å². The zero-order valence-electron chi connectivity index (χ0n) is 7.61. The van der Waals surface area contributed by atoms with Crippen molar-refractivity contribution in [1.29, 1.82) is 0 Å². The van der Waals surface area contributed by atoms with E-state index in [4.69, 9.17) is 0 Å². The van der Waals surface area contributed by atoms with Gasteiger partial charge in [0.2, 0.25) is 0 Å². The normalized spacial score (nSPS) is 10.2. The van der Waals surface area contributed by atoms with Crippen LogP contribution in [0.1, 0.15) is 10.4 Å². The van der Waals surface area contributed by atoms with E-state index in [1.807, 2.05) is 18.2 Å². The van der Waals surface area contributed by atoms with Crippen LogP contribution in [-0.4, -0.2) is 5.91 Å². The summed E-state index contributed by atoms with van der Waals surface area (Å²) < 4.78 is 0.975. The second kappa shape index (κ2) is 3.90. The Morgan fingerprint density at radius 3 is 2.47 bits per heavy atom. The number of benzene rings is 2. The fraction of sp³-hybridized carbons (Fsp3) is 0. The number of nitrogens with zero attached hydrogens (tertiary/aromatic N) is 1. The van der Waals surface area contributed by atoms with Crippen LogP contribution in [0.25, 0.3) is 10.8 Å². The SMILES string of the molecule is O=NC(=O)c1ccc2cc(Br)ccc2c1. The van der Waals surface area contributed by atoms with E-state index >= 15 is 0 Å². The van der Waals surface area contributed by atoms with Gasteiger partial charge in [0.1, 0.15) is 0 Å². The number of halogens is 1. The van der Waals surface area contributed by atoms with Crippen molar-refractivity contribution >= 4 is 32.6 Å². The molecule has 2 rings (SSSR count). The van der Waals surface area contributed by atoms with Gasteiger partial charge in [-0.2, -0.15) is 0 Å². The number of carbonyl (C=O) groups excluding carboxylic acids is 1. The highest BCUT2D eigenvalue weighted by molar-refractivity contribution is 9.10. The third kappa shape index (κ3) is 1.94. The molecule has 0 aliphatic carbocycles. The minimum Gasteiger partial charge on any atom is -0.263 e. The summed E-state index contributed by atoms with van der Waals surface area (Å²) in [6.45, 7) is 0. The van der Waals surface area contributed by atoms with Gasteiger partial charge in [0.15, 0.2) is 0 Å². The molecule has 0 unspecified atom stereocenters. The molecule has 0 radical (unpaired) electrons. The van der Waals surface area contributed by atoms with E-state index in [9.17, 15) is 9.70 Å². The second-order valence-electron chi connectivity index (χ2n) is 3.10. The zero-order valence-corrected chi connectivity index (χ0v) is 9.19. The number of hydrogen-bond donors (Lipinski definition) is 0. The zero-order chi connectivity index (χ0) is 10.8. The molecule has 0 atom stereocenters. The first-order valence-corrected chi connectivity index (χ1v) is 5.07. The lowest BCUT2D eigenvalue weighted by atomic mass is 10.1. The summed E-state index contributed by atoms with van der Waals surface area (Å²) in [4.78, 5) is 21.1. The monoisotopic (exact) mass is 263 g/mol. The summed E-state index contributed by atoms with van der Waals surface area (Å²) >= 11 is 3.36. The molecule has 0 fully saturated rings. The van der Waals surface area contributed by atoms with Crippen molar-refractivity contribution < 1.29 is 4.79 Å². The maximum atomic E-state index is 11.0. The van der Waals surface area contributed by atoms with E-state index in [2.05, 4.69) is 21.1 Å². The number of nitroso groups, excluding NO2 is 1. The maximum absolute atomic E-state index is 11.0. The van der Waals surface area contributed by atoms with Crippen LogP contribution in [0.2, 0.25) is 0 Å². The van der Waals surface area contributed by atoms with E-state index in [-0.39, 0.29) is 0 Å². The van der Waals surface area contributed by atoms with E-state index in [0.717, 1.165) is 15.2 Å². The first-order chi connectivity index (χ1) is 7.20. The molecule has 0 aliphatic rings. The van der Waals surface area contributed by atoms with Crippen molar-refractivity contribution in [1.82, 2.24) is 0 Å². The Balaban J connectivity index is 2.61. The van der Waals surface area contributed by atoms with Crippen molar-refractivity contribution in [3.63, 3.8) is 0 Å². The molecule has 4 heteroatoms. The third-order valence-electron chi connectivity index (χ3n) is 2.13. The summed E-state index contributed by atoms with van der Waals surface area (Å²) in [7, 11) is 0. The Hall–Kier alpha value is -1.55. The van der Waals surface area contributed by atoms with E-state index in [1.165, 1.54) is 0 Å². The first kappa shape index (κ1) is 9.98. The second-order valence-corrected chi connectivity index (χ2v) is 4.02. The van der Waals surface area contributed by atoms with Gasteiger partial charge < -0.3 is 0 Å². The van der Waals surface area contributed by atoms with Crippen LogP contribution in [0, 0.1) is 4.91 Å². The lowest BCUT2D eigenvalue weighted by Gasteiger charge is -1.99. The summed E-state index contributed by atoms with van der Waals surface area (Å²) in [6.07, 6.45) is 0. The highest BCUT2D eigenvalue weighted by Crippen LogP contribution is 2.21. The molecule has 3 nitrogen and oxygen atoms in total. The number of carbonyl (C=O) groups is 1. The highest BCUT2D eigenvalue weighted by atomic mass is 79.9. The Kier molecular flexibility index (Phi) is 2.60. The summed E-state index contributed by atoms with van der Waals surface area (Å²) in [5, 5.41) is 4.30. The van der Waals surface area contributed by atoms with Gasteiger partial charge in [0.05, 0.1) is 0 Å². The van der Waals surface area contributed by atoms with Gasteiger partial charge in [0, 0.05) is 15.2 Å². The van der Waals surface area contributed by atoms with Crippen LogP contribution >= 0.6 is 15.9 Å². The van der Waals surface area contributed by atoms with Crippen molar-refractivity contribution in [2.24, 2.45) is 5.18 Å². The van der Waals surface area contributed by atoms with Crippen molar-refractivity contribution in [3.05, 3.63) is 51.3 Å². The molecule has 74 valence electrons. The lowest BCUT2D eigenvalue weighted by Crippen LogP contribution is -1.92. The molecule has 0 heterocycles. The van der Waals surface area contributed by atoms with Gasteiger partial charge in [-0.25, -0.2) is 0 Å². The van der Waals surface area contributed by atoms with Crippen molar-refractivity contribution in [2.75, 3.05) is 0 Å². The van der Waals surface area contributed by atoms with Gasteiger partial charge in [-0.3, -0.25) is 4.79 Å². The molecule has 2 aromatic rings. The van der Waals surface area contributed by atoms with Crippen LogP contribution in [0.3, 0.4) is 0 Å². The van der Waals surface area contributed by atoms with E-state index < -0.39 is 5.91 Å². The predicted octanol–water partition coefficient (Wildman–Crippen LogP) is 3.51. The third-order valence-corrected chi connectivity index (χ3v) is 2.63. The Morgan fingerprint density at radius 1 is 1.07 bits per heavy atom. The van der Waals surface area contributed by atoms with Crippen LogP contribution in [0.5, 0.6) is 0 Å². The number of fused-ring (bicyclic) bond motifs is 1. The Bertz CT molecular complexity index is 551. The average Bonchev–Trinajstić information content (AvgIpc) is 2.27. The summed E-state index contributed by atoms with van der Waals surface area (Å²) in [5.74, 6) is -0.736. The molecule has 0 aromatic heterocycles. The van der Waals surface area contributed by atoms with E-state index in [0.29, 0.717) is 5.56 Å². The van der Waals surface area contributed by atoms with Crippen LogP contribution in [0.4, 0.5) is 0 Å². The smallest absolute Gasteiger partial charge is 0.263 e. The van der Waals surface area contributed by atoms with Crippen LogP contribution in [0.15, 0.2) is 46.0 Å². The van der Waals surface area contributed by atoms with Gasteiger partial charge in [-0.1, -0.05) is 28.1 Å². The lowest BCUT2D eigenvalue weighted by molar-refractivity contribution is 0.100. The van der Waals surface area contributed by atoms with E-state index in [1.54, 1.807) is 18.2 Å². The maximum Gasteiger partial charge on any atom is 0.316 e. The summed E-state index contributed by atoms with van der Waals surface area (Å²) in [5.41, 5.74) is 0.319. The molecule has 0 bridgehead atoms. The molecular weight excluding hydrogens is 258 g/mol. The van der Waals surface area contributed by atoms with Crippen LogP contribution < -0.4 is 0 Å². The Morgan fingerprint density at radius 2 is 1.73 bits per heavy atom. The predicted molar refractivity (Wildman–Crippen MR) is 61.8 cm³/mol. The standard InChI is InChI=1S/C11H6BrNO2/c12-10-4-3-7-5-9(11(14)13-15)2-1-8(7)6-10/h1-6H. The van der Waals surface area contributed by atoms with Gasteiger partial charge >= 0.3 is 5.91 Å². The molecule has 2 aromatic carbocycles. The molecular formula is C11H6BrNO2. The first-order valence-electron chi connectivity index (χ1n) is 4.28. The quantitative estimate of drug-likeness (QED) is 0.740. The fourth-order valence-corrected chi connectivity index (χ4v) is 1.78. The average molecular weight is 264 g/mol. The number of rotatable bonds is 1. The summed E-state index contributed by atoms with van der Waals surface area (Å²) in [6, 6.07) is 10.7. The molecule has 15 heavy (non-hydrogen) atoms. The molecule has 1 amide bonds. The Labute approximate surface area is 94.2 Å². The fourth-order valence-electron chi connectivity index (χ4n) is 1.40. The molecule has 0 saturated heterocycles. The molecule has 0 aliphatic heterocycles. The molecule has 0 saturated carbocycles. The molecule has 0 spiro atoms. The number of amides is 1. The minimum atomic E-state index is -0.736. The van der Waals surface area contributed by atoms with Crippen molar-refractivity contribution in [3.8, 4) is 0 Å². The van der Waals surface area contributed by atoms with Gasteiger partial charge in [-0.15, -0.1) is 4.91 Å².